The molecule has 0 saturated heterocycles. The second kappa shape index (κ2) is 17.4. The van der Waals surface area contributed by atoms with Gasteiger partial charge in [-0.3, -0.25) is 9.98 Å². The van der Waals surface area contributed by atoms with Gasteiger partial charge in [0.05, 0.1) is 12.4 Å². The number of hydrogen-bond donors (Lipinski definition) is 2. The summed E-state index contributed by atoms with van der Waals surface area (Å²) in [6.45, 7) is 8.89. The topological polar surface area (TPSA) is 86.0 Å². The first kappa shape index (κ1) is 29.7. The Morgan fingerprint density at radius 3 is 1.86 bits per heavy atom. The molecule has 1 aromatic carbocycles. The number of hydrogen-bond acceptors (Lipinski definition) is 3. The Morgan fingerprint density at radius 1 is 0.793 bits per heavy atom. The summed E-state index contributed by atoms with van der Waals surface area (Å²) >= 11 is 0. The first-order valence-corrected chi connectivity index (χ1v) is 10.3. The minimum absolute atomic E-state index is 0. The molecule has 4 N–H and O–H groups in total. The van der Waals surface area contributed by atoms with Crippen molar-refractivity contribution in [3.8, 4) is 5.75 Å². The van der Waals surface area contributed by atoms with Gasteiger partial charge < -0.3 is 16.2 Å². The normalized spacial score (nSPS) is 11.9. The fraction of sp³-hybridized carbons (Fsp3) is 0.636. The number of nitrogens with zero attached hydrogens (tertiary/aromatic N) is 2. The first-order valence-electron chi connectivity index (χ1n) is 10.3. The van der Waals surface area contributed by atoms with E-state index in [1.807, 2.05) is 38.1 Å². The van der Waals surface area contributed by atoms with Crippen molar-refractivity contribution < 1.29 is 4.74 Å². The van der Waals surface area contributed by atoms with Crippen LogP contribution in [0.2, 0.25) is 0 Å². The number of unbranched alkanes of at least 4 members (excludes halogenated alkanes) is 5. The number of aliphatic imine (C=N–C) groups is 2. The van der Waals surface area contributed by atoms with E-state index >= 15 is 0 Å². The van der Waals surface area contributed by atoms with Gasteiger partial charge in [-0.1, -0.05) is 25.7 Å². The summed E-state index contributed by atoms with van der Waals surface area (Å²) in [5, 5.41) is 0. The number of rotatable bonds is 13. The second-order valence-corrected chi connectivity index (χ2v) is 7.57. The number of nitrogens with two attached hydrogens (primary N) is 2. The summed E-state index contributed by atoms with van der Waals surface area (Å²) in [4.78, 5) is 8.71. The predicted molar refractivity (Wildman–Crippen MR) is 131 cm³/mol. The Balaban J connectivity index is 0. The number of amidine groups is 2. The molecule has 0 spiro atoms. The van der Waals surface area contributed by atoms with Crippen LogP contribution in [0.25, 0.3) is 0 Å². The fourth-order valence-corrected chi connectivity index (χ4v) is 2.78. The largest absolute Gasteiger partial charge is 0.494 e. The Hall–Kier alpha value is -1.46. The molecule has 0 aliphatic heterocycles. The third kappa shape index (κ3) is 15.1. The van der Waals surface area contributed by atoms with Crippen LogP contribution in [0.3, 0.4) is 0 Å². The van der Waals surface area contributed by atoms with Crippen LogP contribution in [0.5, 0.6) is 5.75 Å². The highest BCUT2D eigenvalue weighted by Gasteiger charge is 2.01. The molecule has 1 aromatic rings. The smallest absolute Gasteiger partial charge is 0.125 e. The molecule has 0 atom stereocenters. The minimum Gasteiger partial charge on any atom is -0.494 e. The zero-order valence-corrected chi connectivity index (χ0v) is 20.0. The van der Waals surface area contributed by atoms with E-state index in [0.29, 0.717) is 11.9 Å². The summed E-state index contributed by atoms with van der Waals surface area (Å²) in [6.07, 6.45) is 8.04. The summed E-state index contributed by atoms with van der Waals surface area (Å²) in [5.41, 5.74) is 12.8. The Labute approximate surface area is 189 Å². The maximum absolute atomic E-state index is 5.97. The van der Waals surface area contributed by atoms with E-state index in [2.05, 4.69) is 23.8 Å². The second-order valence-electron chi connectivity index (χ2n) is 7.57. The van der Waals surface area contributed by atoms with E-state index in [1.54, 1.807) is 0 Å². The van der Waals surface area contributed by atoms with Gasteiger partial charge in [-0.25, -0.2) is 0 Å². The SMILES string of the molecule is CC(C)N=C(N)CCCCCCCCOc1ccc(C(N)=NC(C)C)cc1.Cl.Cl. The van der Waals surface area contributed by atoms with E-state index in [0.717, 1.165) is 43.0 Å². The molecule has 0 bridgehead atoms. The van der Waals surface area contributed by atoms with Crippen LogP contribution >= 0.6 is 24.8 Å². The zero-order chi connectivity index (χ0) is 20.1. The summed E-state index contributed by atoms with van der Waals surface area (Å²) in [5.74, 6) is 2.26. The zero-order valence-electron chi connectivity index (χ0n) is 18.4. The third-order valence-corrected chi connectivity index (χ3v) is 4.07. The van der Waals surface area contributed by atoms with Crippen molar-refractivity contribution in [3.05, 3.63) is 29.8 Å². The molecule has 0 unspecified atom stereocenters. The van der Waals surface area contributed by atoms with Gasteiger partial charge in [-0.05, 0) is 64.8 Å². The maximum atomic E-state index is 5.97. The highest BCUT2D eigenvalue weighted by molar-refractivity contribution is 5.97. The van der Waals surface area contributed by atoms with Gasteiger partial charge in [0.1, 0.15) is 11.6 Å². The molecule has 5 nitrogen and oxygen atoms in total. The molecule has 0 heterocycles. The van der Waals surface area contributed by atoms with Crippen LogP contribution in [0.4, 0.5) is 0 Å². The molecule has 0 aromatic heterocycles. The lowest BCUT2D eigenvalue weighted by molar-refractivity contribution is 0.304. The van der Waals surface area contributed by atoms with Crippen molar-refractivity contribution in [2.24, 2.45) is 21.5 Å². The molecule has 0 aliphatic carbocycles. The lowest BCUT2D eigenvalue weighted by atomic mass is 10.1. The number of benzene rings is 1. The van der Waals surface area contributed by atoms with E-state index in [1.165, 1.54) is 25.7 Å². The van der Waals surface area contributed by atoms with Gasteiger partial charge in [0.15, 0.2) is 0 Å². The summed E-state index contributed by atoms with van der Waals surface area (Å²) < 4.78 is 5.80. The fourth-order valence-electron chi connectivity index (χ4n) is 2.78. The number of ether oxygens (including phenoxy) is 1. The molecule has 0 aliphatic rings. The monoisotopic (exact) mass is 446 g/mol. The summed E-state index contributed by atoms with van der Waals surface area (Å²) in [6, 6.07) is 8.34. The average Bonchev–Trinajstić information content (AvgIpc) is 2.59. The van der Waals surface area contributed by atoms with Crippen LogP contribution < -0.4 is 16.2 Å². The summed E-state index contributed by atoms with van der Waals surface area (Å²) in [7, 11) is 0. The molecule has 0 fully saturated rings. The van der Waals surface area contributed by atoms with E-state index in [4.69, 9.17) is 16.2 Å². The van der Waals surface area contributed by atoms with Crippen LogP contribution in [0.1, 0.15) is 78.2 Å². The molecule has 1 rings (SSSR count). The standard InChI is InChI=1S/C22H38N4O.2ClH/c1-17(2)25-21(23)11-9-7-5-6-8-10-16-27-20-14-12-19(13-15-20)22(24)26-18(3)4;;/h12-15,17-18H,5-11,16H2,1-4H3,(H2,23,25)(H2,24,26);2*1H. The molecule has 0 saturated carbocycles. The third-order valence-electron chi connectivity index (χ3n) is 4.07. The quantitative estimate of drug-likeness (QED) is 0.237. The Kier molecular flexibility index (Phi) is 17.8. The van der Waals surface area contributed by atoms with Gasteiger partial charge in [0.2, 0.25) is 0 Å². The van der Waals surface area contributed by atoms with Gasteiger partial charge in [-0.2, -0.15) is 0 Å². The first-order chi connectivity index (χ1) is 12.9. The highest BCUT2D eigenvalue weighted by Crippen LogP contribution is 2.14. The van der Waals surface area contributed by atoms with Gasteiger partial charge >= 0.3 is 0 Å². The van der Waals surface area contributed by atoms with Gasteiger partial charge in [-0.15, -0.1) is 24.8 Å². The minimum atomic E-state index is 0. The van der Waals surface area contributed by atoms with Crippen molar-refractivity contribution in [1.82, 2.24) is 0 Å². The van der Waals surface area contributed by atoms with Crippen LogP contribution in [-0.4, -0.2) is 30.4 Å². The molecular formula is C22H40Cl2N4O. The van der Waals surface area contributed by atoms with E-state index < -0.39 is 0 Å². The van der Waals surface area contributed by atoms with Crippen molar-refractivity contribution >= 4 is 36.5 Å². The van der Waals surface area contributed by atoms with Crippen molar-refractivity contribution in [2.75, 3.05) is 6.61 Å². The van der Waals surface area contributed by atoms with Crippen molar-refractivity contribution in [1.29, 1.82) is 0 Å². The molecule has 168 valence electrons. The van der Waals surface area contributed by atoms with Crippen LogP contribution in [-0.2, 0) is 0 Å². The Bertz CT molecular complexity index is 587. The highest BCUT2D eigenvalue weighted by atomic mass is 35.5. The Morgan fingerprint density at radius 2 is 1.31 bits per heavy atom. The van der Waals surface area contributed by atoms with Crippen LogP contribution in [0.15, 0.2) is 34.3 Å². The van der Waals surface area contributed by atoms with Crippen molar-refractivity contribution in [3.63, 3.8) is 0 Å². The molecule has 7 heteroatoms. The maximum Gasteiger partial charge on any atom is 0.125 e. The van der Waals surface area contributed by atoms with Gasteiger partial charge in [0, 0.05) is 24.1 Å². The van der Waals surface area contributed by atoms with Crippen molar-refractivity contribution in [2.45, 2.75) is 84.7 Å². The molecule has 29 heavy (non-hydrogen) atoms. The van der Waals surface area contributed by atoms with Gasteiger partial charge in [0.25, 0.3) is 0 Å². The van der Waals surface area contributed by atoms with E-state index in [9.17, 15) is 0 Å². The lowest BCUT2D eigenvalue weighted by Gasteiger charge is -2.08. The molecule has 0 radical (unpaired) electrons. The number of halogens is 2. The molecular weight excluding hydrogens is 407 g/mol. The predicted octanol–water partition coefficient (Wildman–Crippen LogP) is 5.52. The van der Waals surface area contributed by atoms with Crippen LogP contribution in [0, 0.1) is 0 Å². The molecule has 0 amide bonds. The van der Waals surface area contributed by atoms with E-state index in [-0.39, 0.29) is 30.9 Å². The average molecular weight is 447 g/mol. The lowest BCUT2D eigenvalue weighted by Crippen LogP contribution is -2.15.